The van der Waals surface area contributed by atoms with Crippen LogP contribution in [0.1, 0.15) is 40.7 Å². The molecular weight excluding hydrogens is 373 g/mol. The van der Waals surface area contributed by atoms with E-state index in [1.807, 2.05) is 0 Å². The fraction of sp³-hybridized carbons (Fsp3) is 0.316. The molecule has 26 heavy (non-hydrogen) atoms. The zero-order chi connectivity index (χ0) is 18.7. The van der Waals surface area contributed by atoms with E-state index in [-0.39, 0.29) is 17.3 Å². The molecule has 1 aliphatic heterocycles. The van der Waals surface area contributed by atoms with Gasteiger partial charge in [0.2, 0.25) is 0 Å². The van der Waals surface area contributed by atoms with Crippen LogP contribution in [0.2, 0.25) is 10.0 Å². The summed E-state index contributed by atoms with van der Waals surface area (Å²) in [6, 6.07) is 9.64. The third kappa shape index (κ3) is 4.34. The number of amides is 2. The summed E-state index contributed by atoms with van der Waals surface area (Å²) in [6.45, 7) is 3.57. The maximum Gasteiger partial charge on any atom is 0.274 e. The molecule has 2 aromatic rings. The predicted molar refractivity (Wildman–Crippen MR) is 103 cm³/mol. The van der Waals surface area contributed by atoms with Crippen molar-refractivity contribution in [2.24, 2.45) is 5.92 Å². The van der Waals surface area contributed by atoms with Crippen LogP contribution in [0.5, 0.6) is 0 Å². The van der Waals surface area contributed by atoms with Crippen LogP contribution >= 0.6 is 23.2 Å². The lowest BCUT2D eigenvalue weighted by Gasteiger charge is -2.30. The van der Waals surface area contributed by atoms with Crippen LogP contribution in [0.25, 0.3) is 0 Å². The molecule has 1 fully saturated rings. The van der Waals surface area contributed by atoms with Gasteiger partial charge in [-0.05, 0) is 49.1 Å². The Kier molecular flexibility index (Phi) is 5.79. The number of hydrogen-bond donors (Lipinski definition) is 1. The average molecular weight is 392 g/mol. The smallest absolute Gasteiger partial charge is 0.274 e. The molecular formula is C19H19Cl2N3O2. The van der Waals surface area contributed by atoms with Crippen LogP contribution in [0, 0.1) is 5.92 Å². The minimum atomic E-state index is -0.448. The molecule has 1 aromatic carbocycles. The van der Waals surface area contributed by atoms with Crippen LogP contribution in [0.15, 0.2) is 36.4 Å². The first kappa shape index (κ1) is 18.7. The normalized spacial score (nSPS) is 17.0. The molecule has 3 rings (SSSR count). The highest BCUT2D eigenvalue weighted by molar-refractivity contribution is 6.35. The molecule has 1 aliphatic rings. The molecule has 0 aliphatic carbocycles. The molecule has 7 heteroatoms. The number of likely N-dealkylation sites (tertiary alicyclic amines) is 1. The zero-order valence-corrected chi connectivity index (χ0v) is 15.8. The summed E-state index contributed by atoms with van der Waals surface area (Å²) in [5.41, 5.74) is 0.813. The predicted octanol–water partition coefficient (Wildman–Crippen LogP) is 4.51. The van der Waals surface area contributed by atoms with Gasteiger partial charge in [-0.2, -0.15) is 0 Å². The Morgan fingerprint density at radius 2 is 1.96 bits per heavy atom. The van der Waals surface area contributed by atoms with Crippen molar-refractivity contribution < 1.29 is 9.59 Å². The van der Waals surface area contributed by atoms with Crippen molar-refractivity contribution in [3.05, 3.63) is 57.8 Å². The first-order chi connectivity index (χ1) is 12.4. The van der Waals surface area contributed by atoms with Gasteiger partial charge in [-0.1, -0.05) is 36.2 Å². The molecule has 1 atom stereocenters. The van der Waals surface area contributed by atoms with Gasteiger partial charge in [0.25, 0.3) is 11.8 Å². The van der Waals surface area contributed by atoms with Crippen LogP contribution < -0.4 is 5.32 Å². The third-order valence-electron chi connectivity index (χ3n) is 4.32. The fourth-order valence-corrected chi connectivity index (χ4v) is 3.33. The fourth-order valence-electron chi connectivity index (χ4n) is 3.00. The molecule has 2 amide bonds. The Morgan fingerprint density at radius 3 is 2.73 bits per heavy atom. The number of benzene rings is 1. The van der Waals surface area contributed by atoms with E-state index in [9.17, 15) is 9.59 Å². The number of halogens is 2. The molecule has 0 radical (unpaired) electrons. The molecule has 0 bridgehead atoms. The molecule has 0 spiro atoms. The average Bonchev–Trinajstić information content (AvgIpc) is 2.64. The number of nitrogens with one attached hydrogen (secondary N) is 1. The van der Waals surface area contributed by atoms with Crippen molar-refractivity contribution >= 4 is 40.7 Å². The molecule has 5 nitrogen and oxygen atoms in total. The number of anilines is 1. The van der Waals surface area contributed by atoms with Gasteiger partial charge < -0.3 is 10.2 Å². The van der Waals surface area contributed by atoms with Gasteiger partial charge >= 0.3 is 0 Å². The first-order valence-corrected chi connectivity index (χ1v) is 9.22. The van der Waals surface area contributed by atoms with Crippen molar-refractivity contribution in [1.82, 2.24) is 9.88 Å². The molecule has 1 unspecified atom stereocenters. The Morgan fingerprint density at radius 1 is 1.19 bits per heavy atom. The number of aromatic nitrogens is 1. The zero-order valence-electron chi connectivity index (χ0n) is 14.3. The van der Waals surface area contributed by atoms with E-state index in [0.29, 0.717) is 21.7 Å². The Bertz CT molecular complexity index is 841. The minimum absolute atomic E-state index is 0.146. The minimum Gasteiger partial charge on any atom is -0.337 e. The lowest BCUT2D eigenvalue weighted by molar-refractivity contribution is 0.0677. The second kappa shape index (κ2) is 8.06. The molecule has 1 saturated heterocycles. The Hall–Kier alpha value is -2.11. The molecule has 0 saturated carbocycles. The summed E-state index contributed by atoms with van der Waals surface area (Å²) < 4.78 is 0. The summed E-state index contributed by atoms with van der Waals surface area (Å²) in [5, 5.41) is 3.51. The first-order valence-electron chi connectivity index (χ1n) is 8.47. The van der Waals surface area contributed by atoms with Crippen molar-refractivity contribution in [1.29, 1.82) is 0 Å². The molecule has 1 N–H and O–H groups in total. The maximum atomic E-state index is 12.7. The number of rotatable bonds is 3. The second-order valence-electron chi connectivity index (χ2n) is 6.48. The van der Waals surface area contributed by atoms with Gasteiger partial charge in [0.15, 0.2) is 0 Å². The SMILES string of the molecule is CC1CCCN(C(=O)c2cccc(C(=O)Nc3cc(Cl)ccc3Cl)n2)C1. The van der Waals surface area contributed by atoms with Crippen molar-refractivity contribution in [2.45, 2.75) is 19.8 Å². The second-order valence-corrected chi connectivity index (χ2v) is 7.33. The standard InChI is InChI=1S/C19H19Cl2N3O2/c1-12-4-3-9-24(11-12)19(26)16-6-2-5-15(22-16)18(25)23-17-10-13(20)7-8-14(17)21/h2,5-8,10,12H,3-4,9,11H2,1H3,(H,23,25). The summed E-state index contributed by atoms with van der Waals surface area (Å²) >= 11 is 12.0. The van der Waals surface area contributed by atoms with Gasteiger partial charge in [-0.25, -0.2) is 4.98 Å². The summed E-state index contributed by atoms with van der Waals surface area (Å²) in [5.74, 6) is -0.119. The van der Waals surface area contributed by atoms with Crippen LogP contribution in [-0.4, -0.2) is 34.8 Å². The summed E-state index contributed by atoms with van der Waals surface area (Å²) in [6.07, 6.45) is 2.11. The summed E-state index contributed by atoms with van der Waals surface area (Å²) in [7, 11) is 0. The van der Waals surface area contributed by atoms with Crippen LogP contribution in [-0.2, 0) is 0 Å². The maximum absolute atomic E-state index is 12.7. The monoisotopic (exact) mass is 391 g/mol. The van der Waals surface area contributed by atoms with E-state index in [1.165, 1.54) is 0 Å². The van der Waals surface area contributed by atoms with E-state index in [0.717, 1.165) is 25.9 Å². The third-order valence-corrected chi connectivity index (χ3v) is 4.89. The largest absolute Gasteiger partial charge is 0.337 e. The number of pyridine rings is 1. The van der Waals surface area contributed by atoms with Gasteiger partial charge in [0.05, 0.1) is 10.7 Å². The quantitative estimate of drug-likeness (QED) is 0.836. The highest BCUT2D eigenvalue weighted by atomic mass is 35.5. The Labute approximate surface area is 162 Å². The van der Waals surface area contributed by atoms with Gasteiger partial charge in [0, 0.05) is 18.1 Å². The van der Waals surface area contributed by atoms with Gasteiger partial charge in [-0.3, -0.25) is 9.59 Å². The number of carbonyl (C=O) groups excluding carboxylic acids is 2. The van der Waals surface area contributed by atoms with Gasteiger partial charge in [0.1, 0.15) is 11.4 Å². The van der Waals surface area contributed by atoms with E-state index in [2.05, 4.69) is 17.2 Å². The van der Waals surface area contributed by atoms with Gasteiger partial charge in [-0.15, -0.1) is 0 Å². The molecule has 1 aromatic heterocycles. The van der Waals surface area contributed by atoms with Crippen molar-refractivity contribution in [3.8, 4) is 0 Å². The van der Waals surface area contributed by atoms with Crippen LogP contribution in [0.3, 0.4) is 0 Å². The van der Waals surface area contributed by atoms with E-state index >= 15 is 0 Å². The molecule has 2 heterocycles. The topological polar surface area (TPSA) is 62.3 Å². The van der Waals surface area contributed by atoms with Crippen LogP contribution in [0.4, 0.5) is 5.69 Å². The number of hydrogen-bond acceptors (Lipinski definition) is 3. The number of nitrogens with zero attached hydrogens (tertiary/aromatic N) is 2. The number of piperidine rings is 1. The highest BCUT2D eigenvalue weighted by Crippen LogP contribution is 2.26. The van der Waals surface area contributed by atoms with Crippen molar-refractivity contribution in [3.63, 3.8) is 0 Å². The Balaban J connectivity index is 1.77. The lowest BCUT2D eigenvalue weighted by Crippen LogP contribution is -2.39. The van der Waals surface area contributed by atoms with E-state index < -0.39 is 5.91 Å². The number of carbonyl (C=O) groups is 2. The lowest BCUT2D eigenvalue weighted by atomic mass is 10.00. The van der Waals surface area contributed by atoms with E-state index in [4.69, 9.17) is 23.2 Å². The summed E-state index contributed by atoms with van der Waals surface area (Å²) in [4.78, 5) is 31.2. The molecule has 136 valence electrons. The van der Waals surface area contributed by atoms with E-state index in [1.54, 1.807) is 41.3 Å². The van der Waals surface area contributed by atoms with Crippen molar-refractivity contribution in [2.75, 3.05) is 18.4 Å². The highest BCUT2D eigenvalue weighted by Gasteiger charge is 2.23.